The SMILES string of the molecule is CCOC1C(=O)c2c(C)nn(-c3ccccn3)c2CC1(C)C. The molecule has 116 valence electrons. The van der Waals surface area contributed by atoms with E-state index < -0.39 is 6.10 Å². The van der Waals surface area contributed by atoms with Crippen molar-refractivity contribution in [3.63, 3.8) is 0 Å². The van der Waals surface area contributed by atoms with Gasteiger partial charge in [-0.15, -0.1) is 0 Å². The summed E-state index contributed by atoms with van der Waals surface area (Å²) in [6.45, 7) is 8.46. The number of fused-ring (bicyclic) bond motifs is 1. The maximum absolute atomic E-state index is 12.9. The molecule has 0 fully saturated rings. The Kier molecular flexibility index (Phi) is 3.60. The third-order valence-electron chi connectivity index (χ3n) is 4.17. The number of aromatic nitrogens is 3. The summed E-state index contributed by atoms with van der Waals surface area (Å²) in [6, 6.07) is 5.69. The zero-order chi connectivity index (χ0) is 15.9. The highest BCUT2D eigenvalue weighted by atomic mass is 16.5. The topological polar surface area (TPSA) is 57.0 Å². The molecule has 2 heterocycles. The molecule has 1 atom stereocenters. The average molecular weight is 299 g/mol. The van der Waals surface area contributed by atoms with Crippen LogP contribution in [0.25, 0.3) is 5.82 Å². The van der Waals surface area contributed by atoms with Crippen molar-refractivity contribution in [1.29, 1.82) is 0 Å². The second-order valence-electron chi connectivity index (χ2n) is 6.37. The Morgan fingerprint density at radius 1 is 1.41 bits per heavy atom. The number of pyridine rings is 1. The lowest BCUT2D eigenvalue weighted by Gasteiger charge is -2.37. The lowest BCUT2D eigenvalue weighted by molar-refractivity contribution is -0.0111. The van der Waals surface area contributed by atoms with Crippen molar-refractivity contribution in [2.45, 2.75) is 40.2 Å². The fourth-order valence-corrected chi connectivity index (χ4v) is 3.21. The van der Waals surface area contributed by atoms with E-state index in [9.17, 15) is 4.79 Å². The summed E-state index contributed by atoms with van der Waals surface area (Å²) in [5.41, 5.74) is 2.11. The van der Waals surface area contributed by atoms with Crippen molar-refractivity contribution in [1.82, 2.24) is 14.8 Å². The summed E-state index contributed by atoms with van der Waals surface area (Å²) < 4.78 is 7.53. The first kappa shape index (κ1) is 14.9. The minimum absolute atomic E-state index is 0.0350. The first-order valence-corrected chi connectivity index (χ1v) is 7.61. The highest BCUT2D eigenvalue weighted by Gasteiger charge is 2.45. The first-order chi connectivity index (χ1) is 10.5. The molecule has 0 N–H and O–H groups in total. The smallest absolute Gasteiger partial charge is 0.195 e. The van der Waals surface area contributed by atoms with E-state index in [0.29, 0.717) is 12.2 Å². The summed E-state index contributed by atoms with van der Waals surface area (Å²) in [6.07, 6.45) is 2.05. The number of Topliss-reactive ketones (excluding diaryl/α,β-unsaturated/α-hetero) is 1. The Morgan fingerprint density at radius 2 is 2.18 bits per heavy atom. The molecule has 0 radical (unpaired) electrons. The number of ketones is 1. The van der Waals surface area contributed by atoms with Gasteiger partial charge in [-0.25, -0.2) is 9.67 Å². The molecule has 0 aliphatic heterocycles. The zero-order valence-electron chi connectivity index (χ0n) is 13.5. The maximum atomic E-state index is 12.9. The number of aryl methyl sites for hydroxylation is 1. The lowest BCUT2D eigenvalue weighted by atomic mass is 9.73. The van der Waals surface area contributed by atoms with Crippen molar-refractivity contribution < 1.29 is 9.53 Å². The van der Waals surface area contributed by atoms with Crippen LogP contribution in [0.2, 0.25) is 0 Å². The van der Waals surface area contributed by atoms with Crippen LogP contribution in [0.15, 0.2) is 24.4 Å². The van der Waals surface area contributed by atoms with E-state index in [2.05, 4.69) is 23.9 Å². The van der Waals surface area contributed by atoms with Crippen molar-refractivity contribution >= 4 is 5.78 Å². The van der Waals surface area contributed by atoms with E-state index in [-0.39, 0.29) is 11.2 Å². The molecule has 0 saturated carbocycles. The van der Waals surface area contributed by atoms with Crippen LogP contribution >= 0.6 is 0 Å². The highest BCUT2D eigenvalue weighted by molar-refractivity contribution is 6.03. The van der Waals surface area contributed by atoms with Crippen LogP contribution in [-0.4, -0.2) is 33.3 Å². The van der Waals surface area contributed by atoms with Crippen molar-refractivity contribution in [2.75, 3.05) is 6.61 Å². The number of carbonyl (C=O) groups is 1. The Hall–Kier alpha value is -2.01. The number of hydrogen-bond acceptors (Lipinski definition) is 4. The quantitative estimate of drug-likeness (QED) is 0.874. The van der Waals surface area contributed by atoms with Gasteiger partial charge in [0.1, 0.15) is 6.10 Å². The Morgan fingerprint density at radius 3 is 2.82 bits per heavy atom. The predicted molar refractivity (Wildman–Crippen MR) is 83.3 cm³/mol. The number of hydrogen-bond donors (Lipinski definition) is 0. The predicted octanol–water partition coefficient (Wildman–Crippen LogP) is 2.75. The molecular weight excluding hydrogens is 278 g/mol. The highest BCUT2D eigenvalue weighted by Crippen LogP contribution is 2.38. The van der Waals surface area contributed by atoms with Crippen LogP contribution in [0.1, 0.15) is 42.5 Å². The van der Waals surface area contributed by atoms with E-state index in [1.165, 1.54) is 0 Å². The van der Waals surface area contributed by atoms with E-state index in [4.69, 9.17) is 4.74 Å². The number of rotatable bonds is 3. The van der Waals surface area contributed by atoms with Gasteiger partial charge in [-0.1, -0.05) is 19.9 Å². The monoisotopic (exact) mass is 299 g/mol. The van der Waals surface area contributed by atoms with Gasteiger partial charge in [0, 0.05) is 18.2 Å². The van der Waals surface area contributed by atoms with Crippen molar-refractivity contribution in [3.8, 4) is 5.82 Å². The molecule has 5 heteroatoms. The Labute approximate surface area is 130 Å². The number of ether oxygens (including phenoxy) is 1. The van der Waals surface area contributed by atoms with Gasteiger partial charge in [0.25, 0.3) is 0 Å². The molecule has 5 nitrogen and oxygen atoms in total. The normalized spacial score (nSPS) is 20.0. The molecule has 0 saturated heterocycles. The first-order valence-electron chi connectivity index (χ1n) is 7.61. The fourth-order valence-electron chi connectivity index (χ4n) is 3.21. The van der Waals surface area contributed by atoms with Crippen LogP contribution in [0, 0.1) is 12.3 Å². The van der Waals surface area contributed by atoms with Gasteiger partial charge in [-0.2, -0.15) is 5.10 Å². The Bertz CT molecular complexity index is 704. The molecule has 1 aliphatic carbocycles. The van der Waals surface area contributed by atoms with Crippen LogP contribution in [0.4, 0.5) is 0 Å². The third kappa shape index (κ3) is 2.25. The van der Waals surface area contributed by atoms with Gasteiger partial charge in [-0.05, 0) is 32.4 Å². The van der Waals surface area contributed by atoms with Gasteiger partial charge in [0.15, 0.2) is 11.6 Å². The van der Waals surface area contributed by atoms with E-state index in [1.54, 1.807) is 10.9 Å². The average Bonchev–Trinajstić information content (AvgIpc) is 2.80. The molecule has 1 unspecified atom stereocenters. The number of nitrogens with zero attached hydrogens (tertiary/aromatic N) is 3. The maximum Gasteiger partial charge on any atom is 0.195 e. The molecule has 0 aromatic carbocycles. The summed E-state index contributed by atoms with van der Waals surface area (Å²) in [5, 5.41) is 4.55. The molecule has 2 aromatic rings. The molecule has 3 rings (SSSR count). The van der Waals surface area contributed by atoms with Gasteiger partial charge in [-0.3, -0.25) is 4.79 Å². The van der Waals surface area contributed by atoms with Crippen molar-refractivity contribution in [2.24, 2.45) is 5.41 Å². The minimum Gasteiger partial charge on any atom is -0.370 e. The molecule has 0 amide bonds. The molecule has 2 aromatic heterocycles. The fraction of sp³-hybridized carbons (Fsp3) is 0.471. The van der Waals surface area contributed by atoms with Gasteiger partial charge in [0.05, 0.1) is 17.0 Å². The Balaban J connectivity index is 2.14. The van der Waals surface area contributed by atoms with Gasteiger partial charge < -0.3 is 4.74 Å². The minimum atomic E-state index is -0.412. The van der Waals surface area contributed by atoms with Gasteiger partial charge >= 0.3 is 0 Å². The molecule has 0 bridgehead atoms. The van der Waals surface area contributed by atoms with Crippen LogP contribution in [0.5, 0.6) is 0 Å². The lowest BCUT2D eigenvalue weighted by Crippen LogP contribution is -2.45. The van der Waals surface area contributed by atoms with Crippen molar-refractivity contribution in [3.05, 3.63) is 41.3 Å². The standard InChI is InChI=1S/C17H21N3O2/c1-5-22-16-15(21)14-11(2)19-20(12(14)10-17(16,3)4)13-8-6-7-9-18-13/h6-9,16H,5,10H2,1-4H3. The van der Waals surface area contributed by atoms with Crippen LogP contribution in [0.3, 0.4) is 0 Å². The number of carbonyl (C=O) groups excluding carboxylic acids is 1. The van der Waals surface area contributed by atoms with E-state index in [1.807, 2.05) is 32.0 Å². The summed E-state index contributed by atoms with van der Waals surface area (Å²) in [4.78, 5) is 17.2. The van der Waals surface area contributed by atoms with Gasteiger partial charge in [0.2, 0.25) is 0 Å². The van der Waals surface area contributed by atoms with Crippen LogP contribution in [-0.2, 0) is 11.2 Å². The van der Waals surface area contributed by atoms with Crippen LogP contribution < -0.4 is 0 Å². The zero-order valence-corrected chi connectivity index (χ0v) is 13.5. The second kappa shape index (κ2) is 5.32. The molecule has 0 spiro atoms. The molecule has 1 aliphatic rings. The molecule has 22 heavy (non-hydrogen) atoms. The largest absolute Gasteiger partial charge is 0.370 e. The third-order valence-corrected chi connectivity index (χ3v) is 4.17. The summed E-state index contributed by atoms with van der Waals surface area (Å²) in [7, 11) is 0. The van der Waals surface area contributed by atoms with E-state index in [0.717, 1.165) is 23.6 Å². The summed E-state index contributed by atoms with van der Waals surface area (Å²) in [5.74, 6) is 0.776. The molecular formula is C17H21N3O2. The second-order valence-corrected chi connectivity index (χ2v) is 6.37. The van der Waals surface area contributed by atoms with E-state index >= 15 is 0 Å². The summed E-state index contributed by atoms with van der Waals surface area (Å²) >= 11 is 0.